The number of hydrogen-bond donors (Lipinski definition) is 1. The van der Waals surface area contributed by atoms with Gasteiger partial charge in [0.25, 0.3) is 6.43 Å². The molecule has 1 N–H and O–H groups in total. The highest BCUT2D eigenvalue weighted by Gasteiger charge is 2.18. The average Bonchev–Trinajstić information content (AvgIpc) is 2.28. The fourth-order valence-corrected chi connectivity index (χ4v) is 1.25. The summed E-state index contributed by atoms with van der Waals surface area (Å²) in [5.74, 6) is 0.0882. The molecular formula is C10H12F2N2O3. The molecule has 0 spiro atoms. The molecule has 1 unspecified atom stereocenters. The van der Waals surface area contributed by atoms with E-state index in [9.17, 15) is 18.9 Å². The molecule has 1 rings (SSSR count). The van der Waals surface area contributed by atoms with E-state index in [-0.39, 0.29) is 17.1 Å². The predicted molar refractivity (Wildman–Crippen MR) is 58.7 cm³/mol. The molecule has 0 heterocycles. The quantitative estimate of drug-likeness (QED) is 0.640. The second-order valence-corrected chi connectivity index (χ2v) is 3.41. The Kier molecular flexibility index (Phi) is 4.19. The number of hydrogen-bond acceptors (Lipinski definition) is 4. The van der Waals surface area contributed by atoms with Crippen molar-refractivity contribution in [2.75, 3.05) is 12.4 Å². The number of nitrogens with one attached hydrogen (secondary N) is 1. The number of rotatable bonds is 5. The van der Waals surface area contributed by atoms with Crippen molar-refractivity contribution in [1.29, 1.82) is 0 Å². The number of methoxy groups -OCH3 is 1. The Labute approximate surface area is 96.5 Å². The van der Waals surface area contributed by atoms with Gasteiger partial charge in [0.15, 0.2) is 5.75 Å². The van der Waals surface area contributed by atoms with Crippen molar-refractivity contribution < 1.29 is 18.4 Å². The normalized spacial score (nSPS) is 12.3. The maximum atomic E-state index is 12.3. The molecule has 0 radical (unpaired) electrons. The van der Waals surface area contributed by atoms with Crippen LogP contribution in [-0.4, -0.2) is 24.5 Å². The summed E-state index contributed by atoms with van der Waals surface area (Å²) in [4.78, 5) is 10.1. The summed E-state index contributed by atoms with van der Waals surface area (Å²) < 4.78 is 29.4. The van der Waals surface area contributed by atoms with E-state index in [1.807, 2.05) is 0 Å². The minimum Gasteiger partial charge on any atom is -0.490 e. The smallest absolute Gasteiger partial charge is 0.312 e. The second kappa shape index (κ2) is 5.42. The third-order valence-corrected chi connectivity index (χ3v) is 2.15. The monoisotopic (exact) mass is 246 g/mol. The van der Waals surface area contributed by atoms with Crippen LogP contribution in [-0.2, 0) is 0 Å². The van der Waals surface area contributed by atoms with Crippen LogP contribution in [0.4, 0.5) is 20.2 Å². The minimum absolute atomic E-state index is 0.0882. The lowest BCUT2D eigenvalue weighted by Gasteiger charge is -2.14. The summed E-state index contributed by atoms with van der Waals surface area (Å²) >= 11 is 0. The van der Waals surface area contributed by atoms with E-state index in [1.165, 1.54) is 26.2 Å². The van der Waals surface area contributed by atoms with E-state index >= 15 is 0 Å². The van der Waals surface area contributed by atoms with Gasteiger partial charge in [-0.25, -0.2) is 8.78 Å². The average molecular weight is 246 g/mol. The molecule has 0 aromatic heterocycles. The Hall–Kier alpha value is -1.92. The zero-order valence-corrected chi connectivity index (χ0v) is 9.31. The van der Waals surface area contributed by atoms with Gasteiger partial charge in [-0.2, -0.15) is 0 Å². The second-order valence-electron chi connectivity index (χ2n) is 3.41. The van der Waals surface area contributed by atoms with Crippen molar-refractivity contribution in [2.24, 2.45) is 0 Å². The van der Waals surface area contributed by atoms with Gasteiger partial charge in [0.2, 0.25) is 0 Å². The summed E-state index contributed by atoms with van der Waals surface area (Å²) in [5.41, 5.74) is -0.00994. The molecule has 0 amide bonds. The fourth-order valence-electron chi connectivity index (χ4n) is 1.25. The lowest BCUT2D eigenvalue weighted by atomic mass is 10.2. The van der Waals surface area contributed by atoms with Crippen LogP contribution >= 0.6 is 0 Å². The van der Waals surface area contributed by atoms with E-state index < -0.39 is 17.4 Å². The van der Waals surface area contributed by atoms with Gasteiger partial charge in [-0.1, -0.05) is 0 Å². The van der Waals surface area contributed by atoms with Gasteiger partial charge in [0, 0.05) is 11.8 Å². The molecule has 1 aromatic carbocycles. The number of halogens is 2. The first kappa shape index (κ1) is 13.1. The molecule has 1 atom stereocenters. The molecule has 5 nitrogen and oxygen atoms in total. The van der Waals surface area contributed by atoms with Crippen LogP contribution in [0.5, 0.6) is 5.75 Å². The molecule has 0 saturated carbocycles. The first-order valence-corrected chi connectivity index (χ1v) is 4.82. The Morgan fingerprint density at radius 1 is 1.47 bits per heavy atom. The van der Waals surface area contributed by atoms with E-state index in [0.29, 0.717) is 0 Å². The van der Waals surface area contributed by atoms with Gasteiger partial charge in [0.05, 0.1) is 18.1 Å². The van der Waals surface area contributed by atoms with Crippen molar-refractivity contribution >= 4 is 11.4 Å². The van der Waals surface area contributed by atoms with Gasteiger partial charge in [-0.05, 0) is 19.1 Å². The molecule has 0 fully saturated rings. The maximum Gasteiger partial charge on any atom is 0.312 e. The standard InChI is InChI=1S/C10H12F2N2O3/c1-6(10(11)12)13-7-3-4-9(17-2)8(5-7)14(15)16/h3-6,10,13H,1-2H3. The number of nitrogens with zero attached hydrogens (tertiary/aromatic N) is 1. The number of nitro benzene ring substituents is 1. The predicted octanol–water partition coefficient (Wildman–Crippen LogP) is 2.67. The first-order valence-electron chi connectivity index (χ1n) is 4.82. The summed E-state index contributed by atoms with van der Waals surface area (Å²) in [6.07, 6.45) is -2.55. The molecule has 0 bridgehead atoms. The van der Waals surface area contributed by atoms with Crippen molar-refractivity contribution in [2.45, 2.75) is 19.4 Å². The molecule has 94 valence electrons. The number of alkyl halides is 2. The van der Waals surface area contributed by atoms with Crippen LogP contribution in [0.3, 0.4) is 0 Å². The SMILES string of the molecule is COc1ccc(NC(C)C(F)F)cc1[N+](=O)[O-]. The van der Waals surface area contributed by atoms with E-state index in [4.69, 9.17) is 4.74 Å². The van der Waals surface area contributed by atoms with Gasteiger partial charge < -0.3 is 10.1 Å². The molecular weight excluding hydrogens is 234 g/mol. The van der Waals surface area contributed by atoms with Crippen LogP contribution in [0.1, 0.15) is 6.92 Å². The van der Waals surface area contributed by atoms with Crippen LogP contribution in [0, 0.1) is 10.1 Å². The Morgan fingerprint density at radius 3 is 2.59 bits per heavy atom. The largest absolute Gasteiger partial charge is 0.490 e. The zero-order valence-electron chi connectivity index (χ0n) is 9.31. The Morgan fingerprint density at radius 2 is 2.12 bits per heavy atom. The number of ether oxygens (including phenoxy) is 1. The molecule has 1 aromatic rings. The van der Waals surface area contributed by atoms with Crippen LogP contribution in [0.25, 0.3) is 0 Å². The minimum atomic E-state index is -2.55. The van der Waals surface area contributed by atoms with Crippen molar-refractivity contribution in [1.82, 2.24) is 0 Å². The van der Waals surface area contributed by atoms with Gasteiger partial charge in [0.1, 0.15) is 0 Å². The summed E-state index contributed by atoms with van der Waals surface area (Å²) in [7, 11) is 1.30. The van der Waals surface area contributed by atoms with E-state index in [2.05, 4.69) is 5.32 Å². The lowest BCUT2D eigenvalue weighted by Crippen LogP contribution is -2.23. The lowest BCUT2D eigenvalue weighted by molar-refractivity contribution is -0.385. The zero-order chi connectivity index (χ0) is 13.0. The highest BCUT2D eigenvalue weighted by molar-refractivity contribution is 5.58. The van der Waals surface area contributed by atoms with Crippen molar-refractivity contribution in [3.05, 3.63) is 28.3 Å². The summed E-state index contributed by atoms with van der Waals surface area (Å²) in [6, 6.07) is 2.89. The van der Waals surface area contributed by atoms with Crippen molar-refractivity contribution in [3.8, 4) is 5.75 Å². The van der Waals surface area contributed by atoms with Crippen LogP contribution in [0.15, 0.2) is 18.2 Å². The summed E-state index contributed by atoms with van der Waals surface area (Å²) in [5, 5.41) is 13.2. The molecule has 7 heteroatoms. The van der Waals surface area contributed by atoms with E-state index in [0.717, 1.165) is 6.07 Å². The summed E-state index contributed by atoms with van der Waals surface area (Å²) in [6.45, 7) is 1.29. The van der Waals surface area contributed by atoms with Crippen molar-refractivity contribution in [3.63, 3.8) is 0 Å². The molecule has 0 aliphatic carbocycles. The highest BCUT2D eigenvalue weighted by atomic mass is 19.3. The number of benzene rings is 1. The highest BCUT2D eigenvalue weighted by Crippen LogP contribution is 2.30. The number of nitro groups is 1. The molecule has 0 saturated heterocycles. The topological polar surface area (TPSA) is 64.4 Å². The maximum absolute atomic E-state index is 12.3. The first-order chi connectivity index (χ1) is 7.95. The molecule has 0 aliphatic heterocycles. The fraction of sp³-hybridized carbons (Fsp3) is 0.400. The Bertz CT molecular complexity index is 413. The Balaban J connectivity index is 2.96. The van der Waals surface area contributed by atoms with Gasteiger partial charge >= 0.3 is 5.69 Å². The van der Waals surface area contributed by atoms with Gasteiger partial charge in [-0.3, -0.25) is 10.1 Å². The van der Waals surface area contributed by atoms with Crippen LogP contribution in [0.2, 0.25) is 0 Å². The third-order valence-electron chi connectivity index (χ3n) is 2.15. The van der Waals surface area contributed by atoms with Crippen LogP contribution < -0.4 is 10.1 Å². The van der Waals surface area contributed by atoms with Gasteiger partial charge in [-0.15, -0.1) is 0 Å². The third kappa shape index (κ3) is 3.27. The number of anilines is 1. The van der Waals surface area contributed by atoms with E-state index in [1.54, 1.807) is 0 Å². The molecule has 17 heavy (non-hydrogen) atoms. The molecule has 0 aliphatic rings.